The summed E-state index contributed by atoms with van der Waals surface area (Å²) in [5.41, 5.74) is 0. The summed E-state index contributed by atoms with van der Waals surface area (Å²) < 4.78 is 12.6. The van der Waals surface area contributed by atoms with Gasteiger partial charge in [0.1, 0.15) is 0 Å². The van der Waals surface area contributed by atoms with Gasteiger partial charge in [-0.1, -0.05) is 30.7 Å². The Morgan fingerprint density at radius 1 is 1.32 bits per heavy atom. The lowest BCUT2D eigenvalue weighted by atomic mass is 10.2. The number of nitrogens with zero attached hydrogens (tertiary/aromatic N) is 5. The lowest BCUT2D eigenvalue weighted by molar-refractivity contribution is -0.113. The number of hydrogen-bond donors (Lipinski definition) is 1. The average Bonchev–Trinajstić information content (AvgIpc) is 3.32. The normalized spacial score (nSPS) is 11.2. The SMILES string of the molecule is CCn1c(SCC(=O)Nc2nnc(C(C)C)o2)nnc1-c1ccco1. The number of rotatable bonds is 7. The molecule has 0 aromatic carbocycles. The van der Waals surface area contributed by atoms with Crippen LogP contribution in [0.3, 0.4) is 0 Å². The fraction of sp³-hybridized carbons (Fsp3) is 0.400. The maximum atomic E-state index is 12.1. The van der Waals surface area contributed by atoms with Crippen molar-refractivity contribution in [3.63, 3.8) is 0 Å². The van der Waals surface area contributed by atoms with E-state index in [0.717, 1.165) is 0 Å². The average molecular weight is 362 g/mol. The zero-order valence-electron chi connectivity index (χ0n) is 14.1. The van der Waals surface area contributed by atoms with Gasteiger partial charge < -0.3 is 8.83 Å². The number of nitrogens with one attached hydrogen (secondary N) is 1. The molecule has 1 amide bonds. The predicted octanol–water partition coefficient (Wildman–Crippen LogP) is 2.80. The van der Waals surface area contributed by atoms with Crippen LogP contribution in [0.5, 0.6) is 0 Å². The molecular weight excluding hydrogens is 344 g/mol. The Labute approximate surface area is 148 Å². The van der Waals surface area contributed by atoms with Crippen LogP contribution in [0.25, 0.3) is 11.6 Å². The second kappa shape index (κ2) is 7.51. The van der Waals surface area contributed by atoms with Gasteiger partial charge in [0.05, 0.1) is 12.0 Å². The molecule has 0 aliphatic rings. The van der Waals surface area contributed by atoms with Crippen molar-refractivity contribution in [2.45, 2.75) is 38.4 Å². The first kappa shape index (κ1) is 17.2. The molecule has 3 aromatic heterocycles. The maximum Gasteiger partial charge on any atom is 0.322 e. The van der Waals surface area contributed by atoms with Gasteiger partial charge in [-0.15, -0.1) is 15.3 Å². The number of anilines is 1. The van der Waals surface area contributed by atoms with E-state index in [0.29, 0.717) is 29.2 Å². The molecule has 0 bridgehead atoms. The topological polar surface area (TPSA) is 112 Å². The number of carbonyl (C=O) groups excluding carboxylic acids is 1. The molecule has 0 saturated carbocycles. The van der Waals surface area contributed by atoms with Crippen molar-refractivity contribution in [3.8, 4) is 11.6 Å². The van der Waals surface area contributed by atoms with Crippen molar-refractivity contribution in [1.29, 1.82) is 0 Å². The highest BCUT2D eigenvalue weighted by Gasteiger charge is 2.17. The quantitative estimate of drug-likeness (QED) is 0.639. The van der Waals surface area contributed by atoms with Crippen LogP contribution in [0.15, 0.2) is 32.4 Å². The summed E-state index contributed by atoms with van der Waals surface area (Å²) in [5, 5.41) is 19.2. The Morgan fingerprint density at radius 3 is 2.80 bits per heavy atom. The van der Waals surface area contributed by atoms with Crippen molar-refractivity contribution in [2.75, 3.05) is 11.1 Å². The molecule has 10 heteroatoms. The van der Waals surface area contributed by atoms with Gasteiger partial charge in [0.2, 0.25) is 11.8 Å². The lowest BCUT2D eigenvalue weighted by Gasteiger charge is -2.05. The van der Waals surface area contributed by atoms with E-state index < -0.39 is 0 Å². The lowest BCUT2D eigenvalue weighted by Crippen LogP contribution is -2.15. The smallest absolute Gasteiger partial charge is 0.322 e. The van der Waals surface area contributed by atoms with Crippen LogP contribution < -0.4 is 5.32 Å². The predicted molar refractivity (Wildman–Crippen MR) is 91.1 cm³/mol. The van der Waals surface area contributed by atoms with Gasteiger partial charge >= 0.3 is 6.01 Å². The monoisotopic (exact) mass is 362 g/mol. The molecule has 0 aliphatic carbocycles. The summed E-state index contributed by atoms with van der Waals surface area (Å²) in [5.74, 6) is 1.75. The van der Waals surface area contributed by atoms with Gasteiger partial charge in [0.15, 0.2) is 16.7 Å². The summed E-state index contributed by atoms with van der Waals surface area (Å²) >= 11 is 1.28. The Bertz CT molecular complexity index is 839. The first-order valence-corrected chi connectivity index (χ1v) is 8.80. The molecule has 3 heterocycles. The van der Waals surface area contributed by atoms with Gasteiger partial charge in [-0.05, 0) is 19.1 Å². The number of furan rings is 1. The van der Waals surface area contributed by atoms with Crippen LogP contribution in [0.2, 0.25) is 0 Å². The van der Waals surface area contributed by atoms with E-state index in [1.807, 2.05) is 31.4 Å². The van der Waals surface area contributed by atoms with Crippen molar-refractivity contribution in [1.82, 2.24) is 25.0 Å². The van der Waals surface area contributed by atoms with E-state index in [2.05, 4.69) is 25.7 Å². The fourth-order valence-electron chi connectivity index (χ4n) is 2.07. The van der Waals surface area contributed by atoms with E-state index in [9.17, 15) is 4.79 Å². The van der Waals surface area contributed by atoms with Crippen molar-refractivity contribution in [2.24, 2.45) is 0 Å². The molecule has 0 spiro atoms. The van der Waals surface area contributed by atoms with E-state index in [1.54, 1.807) is 12.3 Å². The summed E-state index contributed by atoms with van der Waals surface area (Å²) in [6.07, 6.45) is 1.58. The number of carbonyl (C=O) groups is 1. The van der Waals surface area contributed by atoms with Crippen LogP contribution in [-0.2, 0) is 11.3 Å². The van der Waals surface area contributed by atoms with E-state index >= 15 is 0 Å². The Hall–Kier alpha value is -2.62. The second-order valence-corrected chi connectivity index (χ2v) is 6.41. The third-order valence-corrected chi connectivity index (χ3v) is 4.25. The van der Waals surface area contributed by atoms with E-state index in [4.69, 9.17) is 8.83 Å². The van der Waals surface area contributed by atoms with Gasteiger partial charge in [-0.2, -0.15) is 0 Å². The minimum absolute atomic E-state index is 0.0996. The van der Waals surface area contributed by atoms with Crippen LogP contribution in [-0.4, -0.2) is 36.6 Å². The molecule has 0 atom stereocenters. The van der Waals surface area contributed by atoms with Gasteiger partial charge in [-0.3, -0.25) is 14.7 Å². The molecule has 9 nitrogen and oxygen atoms in total. The zero-order chi connectivity index (χ0) is 17.8. The van der Waals surface area contributed by atoms with Gasteiger partial charge in [-0.25, -0.2) is 0 Å². The van der Waals surface area contributed by atoms with Crippen molar-refractivity contribution >= 4 is 23.7 Å². The minimum atomic E-state index is -0.255. The van der Waals surface area contributed by atoms with Crippen LogP contribution >= 0.6 is 11.8 Å². The Kier molecular flexibility index (Phi) is 5.17. The maximum absolute atomic E-state index is 12.1. The van der Waals surface area contributed by atoms with Crippen LogP contribution in [0.1, 0.15) is 32.6 Å². The molecule has 3 rings (SSSR count). The fourth-order valence-corrected chi connectivity index (χ4v) is 2.87. The molecule has 0 aliphatic heterocycles. The molecule has 0 unspecified atom stereocenters. The number of amides is 1. The molecule has 0 radical (unpaired) electrons. The number of thioether (sulfide) groups is 1. The van der Waals surface area contributed by atoms with Crippen LogP contribution in [0, 0.1) is 0 Å². The standard InChI is InChI=1S/C15H18N6O3S/c1-4-21-12(10-6-5-7-23-10)17-20-15(21)25-8-11(22)16-14-19-18-13(24-14)9(2)3/h5-7,9H,4,8H2,1-3H3,(H,16,19,22). The molecular formula is C15H18N6O3S. The highest BCUT2D eigenvalue weighted by Crippen LogP contribution is 2.24. The van der Waals surface area contributed by atoms with Gasteiger partial charge in [0.25, 0.3) is 0 Å². The molecule has 0 fully saturated rings. The minimum Gasteiger partial charge on any atom is -0.461 e. The largest absolute Gasteiger partial charge is 0.461 e. The summed E-state index contributed by atoms with van der Waals surface area (Å²) in [6, 6.07) is 3.71. The molecule has 3 aromatic rings. The summed E-state index contributed by atoms with van der Waals surface area (Å²) in [7, 11) is 0. The van der Waals surface area contributed by atoms with Gasteiger partial charge in [0, 0.05) is 12.5 Å². The summed E-state index contributed by atoms with van der Waals surface area (Å²) in [4.78, 5) is 12.1. The number of aromatic nitrogens is 5. The second-order valence-electron chi connectivity index (χ2n) is 5.46. The molecule has 1 N–H and O–H groups in total. The first-order chi connectivity index (χ1) is 12.1. The summed E-state index contributed by atoms with van der Waals surface area (Å²) in [6.45, 7) is 6.51. The van der Waals surface area contributed by atoms with E-state index in [1.165, 1.54) is 11.8 Å². The third kappa shape index (κ3) is 3.90. The molecule has 132 valence electrons. The van der Waals surface area contributed by atoms with Crippen LogP contribution in [0.4, 0.5) is 6.01 Å². The van der Waals surface area contributed by atoms with Crippen molar-refractivity contribution < 1.29 is 13.6 Å². The van der Waals surface area contributed by atoms with E-state index in [-0.39, 0.29) is 23.6 Å². The molecule has 0 saturated heterocycles. The third-order valence-electron chi connectivity index (χ3n) is 3.29. The zero-order valence-corrected chi connectivity index (χ0v) is 14.9. The Morgan fingerprint density at radius 2 is 2.16 bits per heavy atom. The molecule has 25 heavy (non-hydrogen) atoms. The first-order valence-electron chi connectivity index (χ1n) is 7.81. The number of hydrogen-bond acceptors (Lipinski definition) is 8. The highest BCUT2D eigenvalue weighted by molar-refractivity contribution is 7.99. The Balaban J connectivity index is 1.62. The van der Waals surface area contributed by atoms with Crippen molar-refractivity contribution in [3.05, 3.63) is 24.3 Å². The highest BCUT2D eigenvalue weighted by atomic mass is 32.2.